The van der Waals surface area contributed by atoms with Gasteiger partial charge in [0.2, 0.25) is 0 Å². The number of nitrogens with two attached hydrogens (primary N) is 1. The smallest absolute Gasteiger partial charge is 0.139 e. The molecule has 1 aromatic carbocycles. The topological polar surface area (TPSA) is 41.3 Å². The number of rotatable bonds is 7. The second-order valence-electron chi connectivity index (χ2n) is 4.16. The third-order valence-corrected chi connectivity index (χ3v) is 3.56. The molecule has 0 aliphatic heterocycles. The van der Waals surface area contributed by atoms with Gasteiger partial charge in [-0.1, -0.05) is 13.8 Å². The molecule has 0 atom stereocenters. The van der Waals surface area contributed by atoms with Crippen molar-refractivity contribution in [2.75, 3.05) is 37.2 Å². The van der Waals surface area contributed by atoms with Crippen molar-refractivity contribution in [3.63, 3.8) is 0 Å². The quantitative estimate of drug-likeness (QED) is 0.599. The Morgan fingerprint density at radius 2 is 2.00 bits per heavy atom. The third-order valence-electron chi connectivity index (χ3n) is 2.95. The van der Waals surface area contributed by atoms with E-state index in [4.69, 9.17) is 5.73 Å². The van der Waals surface area contributed by atoms with Gasteiger partial charge in [0.1, 0.15) is 5.82 Å². The highest BCUT2D eigenvalue weighted by molar-refractivity contribution is 9.10. The van der Waals surface area contributed by atoms with Gasteiger partial charge in [0.25, 0.3) is 0 Å². The van der Waals surface area contributed by atoms with Gasteiger partial charge in [0.05, 0.1) is 15.8 Å². The van der Waals surface area contributed by atoms with Crippen molar-refractivity contribution in [3.8, 4) is 0 Å². The first-order valence-corrected chi connectivity index (χ1v) is 7.08. The third kappa shape index (κ3) is 4.46. The summed E-state index contributed by atoms with van der Waals surface area (Å²) in [6.45, 7) is 8.26. The Labute approximate surface area is 117 Å². The van der Waals surface area contributed by atoms with E-state index < -0.39 is 0 Å². The Kier molecular flexibility index (Phi) is 6.43. The summed E-state index contributed by atoms with van der Waals surface area (Å²) >= 11 is 3.11. The van der Waals surface area contributed by atoms with Crippen LogP contribution in [0.1, 0.15) is 20.3 Å². The van der Waals surface area contributed by atoms with E-state index in [2.05, 4.69) is 40.0 Å². The Hall–Kier alpha value is -0.810. The number of benzene rings is 1. The van der Waals surface area contributed by atoms with Gasteiger partial charge in [0.15, 0.2) is 0 Å². The summed E-state index contributed by atoms with van der Waals surface area (Å²) < 4.78 is 13.8. The maximum atomic E-state index is 13.4. The first-order valence-electron chi connectivity index (χ1n) is 6.29. The van der Waals surface area contributed by atoms with Crippen LogP contribution >= 0.6 is 15.9 Å². The van der Waals surface area contributed by atoms with E-state index in [0.29, 0.717) is 15.8 Å². The lowest BCUT2D eigenvalue weighted by molar-refractivity contribution is 0.303. The highest BCUT2D eigenvalue weighted by atomic mass is 79.9. The summed E-state index contributed by atoms with van der Waals surface area (Å²) in [5, 5.41) is 3.17. The van der Waals surface area contributed by atoms with Gasteiger partial charge in [-0.3, -0.25) is 0 Å². The molecule has 0 aliphatic rings. The summed E-state index contributed by atoms with van der Waals surface area (Å²) in [7, 11) is 0. The van der Waals surface area contributed by atoms with Crippen molar-refractivity contribution in [2.45, 2.75) is 20.3 Å². The minimum Gasteiger partial charge on any atom is -0.397 e. The van der Waals surface area contributed by atoms with Crippen LogP contribution in [0.3, 0.4) is 0 Å². The molecule has 3 N–H and O–H groups in total. The van der Waals surface area contributed by atoms with Crippen LogP contribution in [0.25, 0.3) is 0 Å². The minimum atomic E-state index is -0.296. The van der Waals surface area contributed by atoms with Crippen LogP contribution in [0.5, 0.6) is 0 Å². The van der Waals surface area contributed by atoms with Crippen molar-refractivity contribution in [2.24, 2.45) is 0 Å². The molecule has 5 heteroatoms. The Balaban J connectivity index is 2.42. The predicted octanol–water partition coefficient (Wildman–Crippen LogP) is 3.31. The summed E-state index contributed by atoms with van der Waals surface area (Å²) in [4.78, 5) is 2.35. The second kappa shape index (κ2) is 7.59. The van der Waals surface area contributed by atoms with Crippen molar-refractivity contribution in [1.82, 2.24) is 4.90 Å². The summed E-state index contributed by atoms with van der Waals surface area (Å²) in [6, 6.07) is 3.01. The van der Waals surface area contributed by atoms with E-state index in [1.165, 1.54) is 6.07 Å². The molecule has 0 unspecified atom stereocenters. The van der Waals surface area contributed by atoms with Gasteiger partial charge in [-0.25, -0.2) is 4.39 Å². The molecule has 0 spiro atoms. The molecular weight excluding hydrogens is 297 g/mol. The standard InChI is InChI=1S/C13H21BrFN3/c1-3-18(4-2)7-5-6-17-13-9-11(15)10(14)8-12(13)16/h8-9,17H,3-7,16H2,1-2H3. The molecule has 0 fully saturated rings. The van der Waals surface area contributed by atoms with Crippen LogP contribution in [0.15, 0.2) is 16.6 Å². The molecule has 3 nitrogen and oxygen atoms in total. The number of anilines is 2. The number of halogens is 2. The molecule has 0 aromatic heterocycles. The number of nitrogens with one attached hydrogen (secondary N) is 1. The maximum Gasteiger partial charge on any atom is 0.139 e. The monoisotopic (exact) mass is 317 g/mol. The van der Waals surface area contributed by atoms with Gasteiger partial charge >= 0.3 is 0 Å². The zero-order valence-corrected chi connectivity index (χ0v) is 12.6. The molecular formula is C13H21BrFN3. The predicted molar refractivity (Wildman–Crippen MR) is 79.4 cm³/mol. The van der Waals surface area contributed by atoms with Crippen LogP contribution in [-0.4, -0.2) is 31.1 Å². The first-order chi connectivity index (χ1) is 8.58. The van der Waals surface area contributed by atoms with Crippen molar-refractivity contribution in [3.05, 3.63) is 22.4 Å². The molecule has 102 valence electrons. The summed E-state index contributed by atoms with van der Waals surface area (Å²) in [5.74, 6) is -0.296. The Morgan fingerprint density at radius 1 is 1.33 bits per heavy atom. The highest BCUT2D eigenvalue weighted by Gasteiger charge is 2.05. The van der Waals surface area contributed by atoms with E-state index >= 15 is 0 Å². The SMILES string of the molecule is CCN(CC)CCCNc1cc(F)c(Br)cc1N. The number of nitrogen functional groups attached to an aromatic ring is 1. The van der Waals surface area contributed by atoms with E-state index in [-0.39, 0.29) is 5.82 Å². The average Bonchev–Trinajstić information content (AvgIpc) is 2.35. The highest BCUT2D eigenvalue weighted by Crippen LogP contribution is 2.26. The molecule has 1 aromatic rings. The van der Waals surface area contributed by atoms with E-state index in [1.807, 2.05) is 0 Å². The molecule has 0 bridgehead atoms. The van der Waals surface area contributed by atoms with Crippen molar-refractivity contribution >= 4 is 27.3 Å². The van der Waals surface area contributed by atoms with Crippen LogP contribution in [0.2, 0.25) is 0 Å². The van der Waals surface area contributed by atoms with Crippen LogP contribution in [-0.2, 0) is 0 Å². The van der Waals surface area contributed by atoms with Gasteiger partial charge in [0, 0.05) is 12.6 Å². The first kappa shape index (κ1) is 15.2. The van der Waals surface area contributed by atoms with Gasteiger partial charge in [-0.15, -0.1) is 0 Å². The Morgan fingerprint density at radius 3 is 2.61 bits per heavy atom. The lowest BCUT2D eigenvalue weighted by Gasteiger charge is -2.18. The minimum absolute atomic E-state index is 0.296. The maximum absolute atomic E-state index is 13.4. The summed E-state index contributed by atoms with van der Waals surface area (Å²) in [6.07, 6.45) is 1.01. The lowest BCUT2D eigenvalue weighted by atomic mass is 10.2. The molecule has 0 saturated carbocycles. The number of nitrogens with zero attached hydrogens (tertiary/aromatic N) is 1. The van der Waals surface area contributed by atoms with E-state index in [9.17, 15) is 4.39 Å². The number of hydrogen-bond donors (Lipinski definition) is 2. The number of hydrogen-bond acceptors (Lipinski definition) is 3. The van der Waals surface area contributed by atoms with E-state index in [1.54, 1.807) is 6.07 Å². The molecule has 0 aliphatic carbocycles. The zero-order valence-electron chi connectivity index (χ0n) is 11.0. The molecule has 0 heterocycles. The fraction of sp³-hybridized carbons (Fsp3) is 0.538. The fourth-order valence-electron chi connectivity index (χ4n) is 1.78. The van der Waals surface area contributed by atoms with Gasteiger partial charge < -0.3 is 16.0 Å². The molecule has 0 saturated heterocycles. The van der Waals surface area contributed by atoms with Crippen LogP contribution in [0.4, 0.5) is 15.8 Å². The van der Waals surface area contributed by atoms with Crippen molar-refractivity contribution < 1.29 is 4.39 Å². The zero-order chi connectivity index (χ0) is 13.5. The van der Waals surface area contributed by atoms with Crippen LogP contribution in [0, 0.1) is 5.82 Å². The largest absolute Gasteiger partial charge is 0.397 e. The molecule has 18 heavy (non-hydrogen) atoms. The normalized spacial score (nSPS) is 10.9. The fourth-order valence-corrected chi connectivity index (χ4v) is 2.14. The van der Waals surface area contributed by atoms with Crippen LogP contribution < -0.4 is 11.1 Å². The molecule has 0 amide bonds. The van der Waals surface area contributed by atoms with Gasteiger partial charge in [-0.2, -0.15) is 0 Å². The lowest BCUT2D eigenvalue weighted by Crippen LogP contribution is -2.25. The van der Waals surface area contributed by atoms with E-state index in [0.717, 1.165) is 32.6 Å². The second-order valence-corrected chi connectivity index (χ2v) is 5.02. The molecule has 0 radical (unpaired) electrons. The van der Waals surface area contributed by atoms with Gasteiger partial charge in [-0.05, 0) is 48.1 Å². The Bertz CT molecular complexity index is 381. The van der Waals surface area contributed by atoms with Crippen molar-refractivity contribution in [1.29, 1.82) is 0 Å². The average molecular weight is 318 g/mol. The molecule has 1 rings (SSSR count). The summed E-state index contributed by atoms with van der Waals surface area (Å²) in [5.41, 5.74) is 7.04.